The minimum Gasteiger partial charge on any atom is -0.478 e. The van der Waals surface area contributed by atoms with Crippen LogP contribution in [0.5, 0.6) is 0 Å². The number of aliphatic carboxylic acids is 1. The van der Waals surface area contributed by atoms with Crippen LogP contribution < -0.4 is 10.3 Å². The molecule has 2 aliphatic rings. The molecular formula is C11H9N3O2. The summed E-state index contributed by atoms with van der Waals surface area (Å²) in [6.07, 6.45) is 1.65. The number of rotatable bonds is 1. The fourth-order valence-electron chi connectivity index (χ4n) is 1.95. The molecule has 1 aromatic rings. The van der Waals surface area contributed by atoms with Gasteiger partial charge in [-0.25, -0.2) is 4.79 Å². The highest BCUT2D eigenvalue weighted by molar-refractivity contribution is 6.29. The van der Waals surface area contributed by atoms with Crippen LogP contribution in [0.25, 0.3) is 6.08 Å². The lowest BCUT2D eigenvalue weighted by molar-refractivity contribution is -0.131. The summed E-state index contributed by atoms with van der Waals surface area (Å²) in [5, 5.41) is 13.1. The van der Waals surface area contributed by atoms with E-state index in [4.69, 9.17) is 5.11 Å². The van der Waals surface area contributed by atoms with Gasteiger partial charge in [0.1, 0.15) is 12.2 Å². The van der Waals surface area contributed by atoms with Crippen molar-refractivity contribution >= 4 is 23.6 Å². The standard InChI is InChI=1S/C11H9N3O2/c15-11(16)8-5-7-3-1-2-4-9(7)14-6-12-13-10(8)14/h1-5,12H,6H2,(H,15,16). The fraction of sp³-hybridized carbons (Fsp3) is 0.0909. The van der Waals surface area contributed by atoms with Gasteiger partial charge in [-0.15, -0.1) is 0 Å². The van der Waals surface area contributed by atoms with Gasteiger partial charge in [0.25, 0.3) is 0 Å². The van der Waals surface area contributed by atoms with Crippen molar-refractivity contribution in [3.05, 3.63) is 35.4 Å². The molecule has 0 aliphatic carbocycles. The normalized spacial score (nSPS) is 16.9. The Morgan fingerprint density at radius 2 is 2.25 bits per heavy atom. The minimum absolute atomic E-state index is 0.226. The molecule has 0 radical (unpaired) electrons. The van der Waals surface area contributed by atoms with E-state index in [-0.39, 0.29) is 5.57 Å². The number of hydrogen-bond donors (Lipinski definition) is 2. The van der Waals surface area contributed by atoms with Crippen LogP contribution in [0, 0.1) is 0 Å². The number of amidine groups is 1. The first-order chi connectivity index (χ1) is 7.77. The summed E-state index contributed by atoms with van der Waals surface area (Å²) in [7, 11) is 0. The van der Waals surface area contributed by atoms with Gasteiger partial charge in [-0.05, 0) is 17.7 Å². The SMILES string of the molecule is O=C(O)C1=Cc2ccccc2N2CNN=C12. The first kappa shape index (κ1) is 8.96. The Labute approximate surface area is 91.7 Å². The lowest BCUT2D eigenvalue weighted by Crippen LogP contribution is -2.35. The van der Waals surface area contributed by atoms with E-state index in [0.717, 1.165) is 11.3 Å². The van der Waals surface area contributed by atoms with E-state index in [9.17, 15) is 4.79 Å². The quantitative estimate of drug-likeness (QED) is 0.728. The van der Waals surface area contributed by atoms with Crippen molar-refractivity contribution in [1.29, 1.82) is 0 Å². The predicted molar refractivity (Wildman–Crippen MR) is 60.0 cm³/mol. The molecule has 0 saturated carbocycles. The number of fused-ring (bicyclic) bond motifs is 3. The van der Waals surface area contributed by atoms with Crippen molar-refractivity contribution in [2.45, 2.75) is 0 Å². The van der Waals surface area contributed by atoms with E-state index in [2.05, 4.69) is 10.5 Å². The number of carbonyl (C=O) groups is 1. The lowest BCUT2D eigenvalue weighted by Gasteiger charge is -2.25. The summed E-state index contributed by atoms with van der Waals surface area (Å²) in [4.78, 5) is 13.0. The Bertz CT molecular complexity index is 534. The van der Waals surface area contributed by atoms with Gasteiger partial charge in [-0.2, -0.15) is 5.10 Å². The second-order valence-corrected chi connectivity index (χ2v) is 3.60. The smallest absolute Gasteiger partial charge is 0.339 e. The number of benzene rings is 1. The van der Waals surface area contributed by atoms with Crippen LogP contribution in [0.2, 0.25) is 0 Å². The molecule has 0 spiro atoms. The summed E-state index contributed by atoms with van der Waals surface area (Å²) in [5.74, 6) is -0.479. The number of hydrazone groups is 1. The number of anilines is 1. The third-order valence-electron chi connectivity index (χ3n) is 2.67. The van der Waals surface area contributed by atoms with Crippen molar-refractivity contribution in [2.75, 3.05) is 11.6 Å². The van der Waals surface area contributed by atoms with Crippen LogP contribution >= 0.6 is 0 Å². The molecule has 5 heteroatoms. The minimum atomic E-state index is -0.957. The van der Waals surface area contributed by atoms with Crippen molar-refractivity contribution in [3.8, 4) is 0 Å². The van der Waals surface area contributed by atoms with Crippen LogP contribution in [-0.2, 0) is 4.79 Å². The maximum atomic E-state index is 11.1. The zero-order chi connectivity index (χ0) is 11.1. The third-order valence-corrected chi connectivity index (χ3v) is 2.67. The van der Waals surface area contributed by atoms with Crippen LogP contribution in [0.3, 0.4) is 0 Å². The monoisotopic (exact) mass is 215 g/mol. The van der Waals surface area contributed by atoms with E-state index >= 15 is 0 Å². The number of nitrogens with zero attached hydrogens (tertiary/aromatic N) is 2. The van der Waals surface area contributed by atoms with Crippen LogP contribution in [0.1, 0.15) is 5.56 Å². The van der Waals surface area contributed by atoms with Gasteiger partial charge in [0.05, 0.1) is 5.69 Å². The molecule has 80 valence electrons. The molecule has 5 nitrogen and oxygen atoms in total. The number of carboxylic acid groups (broad SMARTS) is 1. The maximum absolute atomic E-state index is 11.1. The van der Waals surface area contributed by atoms with Gasteiger partial charge >= 0.3 is 5.97 Å². The first-order valence-electron chi connectivity index (χ1n) is 4.90. The number of hydrogen-bond acceptors (Lipinski definition) is 4. The molecule has 0 fully saturated rings. The summed E-state index contributed by atoms with van der Waals surface area (Å²) < 4.78 is 0. The number of carboxylic acids is 1. The fourth-order valence-corrected chi connectivity index (χ4v) is 1.95. The Kier molecular flexibility index (Phi) is 1.73. The van der Waals surface area contributed by atoms with Crippen molar-refractivity contribution < 1.29 is 9.90 Å². The summed E-state index contributed by atoms with van der Waals surface area (Å²) >= 11 is 0. The zero-order valence-corrected chi connectivity index (χ0v) is 8.34. The van der Waals surface area contributed by atoms with Gasteiger partial charge in [-0.3, -0.25) is 5.43 Å². The highest BCUT2D eigenvalue weighted by atomic mass is 16.4. The highest BCUT2D eigenvalue weighted by Gasteiger charge is 2.31. The van der Waals surface area contributed by atoms with Crippen LogP contribution in [0.15, 0.2) is 34.9 Å². The lowest BCUT2D eigenvalue weighted by atomic mass is 10.0. The maximum Gasteiger partial charge on any atom is 0.339 e. The van der Waals surface area contributed by atoms with E-state index in [1.54, 1.807) is 6.08 Å². The zero-order valence-electron chi connectivity index (χ0n) is 8.34. The van der Waals surface area contributed by atoms with Gasteiger partial charge in [0.2, 0.25) is 0 Å². The summed E-state index contributed by atoms with van der Waals surface area (Å²) in [6.45, 7) is 0.511. The molecule has 2 N–H and O–H groups in total. The third kappa shape index (κ3) is 1.11. The number of para-hydroxylation sites is 1. The van der Waals surface area contributed by atoms with E-state index in [1.807, 2.05) is 29.2 Å². The second kappa shape index (κ2) is 3.10. The molecule has 2 heterocycles. The molecule has 0 saturated heterocycles. The molecular weight excluding hydrogens is 206 g/mol. The Morgan fingerprint density at radius 1 is 1.44 bits per heavy atom. The molecule has 0 aromatic heterocycles. The van der Waals surface area contributed by atoms with Gasteiger partial charge in [0, 0.05) is 0 Å². The largest absolute Gasteiger partial charge is 0.478 e. The van der Waals surface area contributed by atoms with Crippen molar-refractivity contribution in [1.82, 2.24) is 5.43 Å². The van der Waals surface area contributed by atoms with E-state index in [0.29, 0.717) is 12.5 Å². The summed E-state index contributed by atoms with van der Waals surface area (Å²) in [6, 6.07) is 7.66. The van der Waals surface area contributed by atoms with Crippen molar-refractivity contribution in [3.63, 3.8) is 0 Å². The first-order valence-corrected chi connectivity index (χ1v) is 4.90. The molecule has 0 unspecified atom stereocenters. The summed E-state index contributed by atoms with van der Waals surface area (Å²) in [5.41, 5.74) is 4.91. The Balaban J connectivity index is 2.23. The Hall–Kier alpha value is -2.30. The average Bonchev–Trinajstić information content (AvgIpc) is 2.76. The van der Waals surface area contributed by atoms with Crippen molar-refractivity contribution in [2.24, 2.45) is 5.10 Å². The Morgan fingerprint density at radius 3 is 3.06 bits per heavy atom. The predicted octanol–water partition coefficient (Wildman–Crippen LogP) is 0.849. The molecule has 0 amide bonds. The molecule has 16 heavy (non-hydrogen) atoms. The van der Waals surface area contributed by atoms with Crippen LogP contribution in [-0.4, -0.2) is 23.6 Å². The molecule has 3 rings (SSSR count). The average molecular weight is 215 g/mol. The van der Waals surface area contributed by atoms with Gasteiger partial charge in [-0.1, -0.05) is 18.2 Å². The second-order valence-electron chi connectivity index (χ2n) is 3.60. The van der Waals surface area contributed by atoms with Gasteiger partial charge in [0.15, 0.2) is 5.84 Å². The molecule has 0 atom stereocenters. The van der Waals surface area contributed by atoms with E-state index < -0.39 is 5.97 Å². The van der Waals surface area contributed by atoms with Gasteiger partial charge < -0.3 is 10.0 Å². The van der Waals surface area contributed by atoms with E-state index in [1.165, 1.54) is 0 Å². The highest BCUT2D eigenvalue weighted by Crippen LogP contribution is 2.30. The topological polar surface area (TPSA) is 64.9 Å². The van der Waals surface area contributed by atoms with Crippen LogP contribution in [0.4, 0.5) is 5.69 Å². The molecule has 2 aliphatic heterocycles. The number of nitrogens with one attached hydrogen (secondary N) is 1. The molecule has 0 bridgehead atoms. The molecule has 1 aromatic carbocycles.